The Morgan fingerprint density at radius 2 is 0.542 bits per heavy atom. The Morgan fingerprint density at radius 3 is 0.861 bits per heavy atom. The lowest BCUT2D eigenvalue weighted by Gasteiger charge is -2.18. The van der Waals surface area contributed by atoms with Crippen LogP contribution >= 0.6 is 0 Å². The molecule has 0 aromatic carbocycles. The molecular weight excluding hydrogens is 889 g/mol. The molecule has 0 heterocycles. The van der Waals surface area contributed by atoms with Crippen molar-refractivity contribution in [2.45, 2.75) is 341 Å². The van der Waals surface area contributed by atoms with E-state index in [0.29, 0.717) is 19.3 Å². The van der Waals surface area contributed by atoms with Crippen LogP contribution in [0.3, 0.4) is 0 Å². The van der Waals surface area contributed by atoms with E-state index in [9.17, 15) is 14.4 Å². The van der Waals surface area contributed by atoms with Crippen molar-refractivity contribution in [1.82, 2.24) is 0 Å². The molecule has 0 radical (unpaired) electrons. The van der Waals surface area contributed by atoms with Crippen molar-refractivity contribution in [3.8, 4) is 0 Å². The van der Waals surface area contributed by atoms with Crippen LogP contribution in [0, 0.1) is 0 Å². The van der Waals surface area contributed by atoms with Gasteiger partial charge >= 0.3 is 17.9 Å². The van der Waals surface area contributed by atoms with Crippen molar-refractivity contribution >= 4 is 17.9 Å². The van der Waals surface area contributed by atoms with Crippen LogP contribution in [0.15, 0.2) is 48.6 Å². The summed E-state index contributed by atoms with van der Waals surface area (Å²) in [6.07, 6.45) is 75.5. The third kappa shape index (κ3) is 58.3. The number of hydrogen-bond donors (Lipinski definition) is 0. The maximum atomic E-state index is 12.9. The van der Waals surface area contributed by atoms with E-state index in [1.165, 1.54) is 199 Å². The fourth-order valence-corrected chi connectivity index (χ4v) is 9.34. The SMILES string of the molecule is CC/C=C\C/C=C\C/C=C\CCCCCCCC(=O)OCC(COC(=O)CCCCCCCCCCCCCCCCCCCCCCCC)OC(=O)CCCCCCCCC/C=C\CCCCCCCC. The minimum absolute atomic E-state index is 0.0770. The fraction of sp³-hybridized carbons (Fsp3) is 0.833. The summed E-state index contributed by atoms with van der Waals surface area (Å²) in [4.78, 5) is 38.3. The zero-order valence-electron chi connectivity index (χ0n) is 48.2. The zero-order chi connectivity index (χ0) is 52.2. The molecule has 0 rings (SSSR count). The van der Waals surface area contributed by atoms with E-state index >= 15 is 0 Å². The van der Waals surface area contributed by atoms with E-state index in [1.54, 1.807) is 0 Å². The standard InChI is InChI=1S/C66H120O6/c1-4-7-10-13-16-19-22-25-28-30-31-32-33-34-36-38-41-44-47-50-53-56-59-65(68)71-62-63(61-70-64(67)58-55-52-49-46-43-40-37-27-24-21-18-15-12-9-6-3)72-66(69)60-57-54-51-48-45-42-39-35-29-26-23-20-17-14-11-8-5-2/h9,12,18,21,26-27,29,37,63H,4-8,10-11,13-17,19-20,22-25,28,30-36,38-62H2,1-3H3/b12-9-,21-18-,29-26-,37-27-. The third-order valence-electron chi connectivity index (χ3n) is 14.1. The van der Waals surface area contributed by atoms with Crippen molar-refractivity contribution < 1.29 is 28.6 Å². The van der Waals surface area contributed by atoms with E-state index in [2.05, 4.69) is 69.4 Å². The monoisotopic (exact) mass is 1010 g/mol. The van der Waals surface area contributed by atoms with Crippen molar-refractivity contribution in [1.29, 1.82) is 0 Å². The average Bonchev–Trinajstić information content (AvgIpc) is 3.38. The molecule has 6 heteroatoms. The van der Waals surface area contributed by atoms with E-state index < -0.39 is 6.10 Å². The molecule has 0 aromatic rings. The highest BCUT2D eigenvalue weighted by Gasteiger charge is 2.19. The van der Waals surface area contributed by atoms with Crippen LogP contribution in [0.1, 0.15) is 335 Å². The summed E-state index contributed by atoms with van der Waals surface area (Å²) in [5.74, 6) is -0.879. The summed E-state index contributed by atoms with van der Waals surface area (Å²) in [6.45, 7) is 6.56. The van der Waals surface area contributed by atoms with Gasteiger partial charge in [-0.05, 0) is 77.0 Å². The summed E-state index contributed by atoms with van der Waals surface area (Å²) in [6, 6.07) is 0. The minimum Gasteiger partial charge on any atom is -0.462 e. The summed E-state index contributed by atoms with van der Waals surface area (Å²) >= 11 is 0. The van der Waals surface area contributed by atoms with Gasteiger partial charge in [0.25, 0.3) is 0 Å². The Morgan fingerprint density at radius 1 is 0.292 bits per heavy atom. The van der Waals surface area contributed by atoms with Gasteiger partial charge in [0.1, 0.15) is 13.2 Å². The Balaban J connectivity index is 4.31. The highest BCUT2D eigenvalue weighted by Crippen LogP contribution is 2.17. The molecule has 0 saturated heterocycles. The number of carbonyl (C=O) groups excluding carboxylic acids is 3. The Bertz CT molecular complexity index is 1250. The molecule has 0 aliphatic carbocycles. The molecule has 1 unspecified atom stereocenters. The first kappa shape index (κ1) is 69.4. The van der Waals surface area contributed by atoms with Gasteiger partial charge in [0.2, 0.25) is 0 Å². The van der Waals surface area contributed by atoms with Crippen LogP contribution in [0.4, 0.5) is 0 Å². The van der Waals surface area contributed by atoms with E-state index in [-0.39, 0.29) is 31.1 Å². The number of ether oxygens (including phenoxy) is 3. The van der Waals surface area contributed by atoms with Gasteiger partial charge in [-0.2, -0.15) is 0 Å². The highest BCUT2D eigenvalue weighted by atomic mass is 16.6. The molecule has 0 amide bonds. The predicted octanol–water partition coefficient (Wildman–Crippen LogP) is 21.4. The third-order valence-corrected chi connectivity index (χ3v) is 14.1. The highest BCUT2D eigenvalue weighted by molar-refractivity contribution is 5.71. The fourth-order valence-electron chi connectivity index (χ4n) is 9.34. The maximum Gasteiger partial charge on any atom is 0.306 e. The number of allylic oxidation sites excluding steroid dienone is 8. The van der Waals surface area contributed by atoms with Gasteiger partial charge in [0, 0.05) is 19.3 Å². The Hall–Kier alpha value is -2.63. The lowest BCUT2D eigenvalue weighted by molar-refractivity contribution is -0.167. The lowest BCUT2D eigenvalue weighted by atomic mass is 10.0. The molecule has 72 heavy (non-hydrogen) atoms. The second-order valence-corrected chi connectivity index (χ2v) is 21.3. The van der Waals surface area contributed by atoms with Gasteiger partial charge in [-0.25, -0.2) is 0 Å². The molecule has 0 aliphatic heterocycles. The molecule has 1 atom stereocenters. The molecule has 0 bridgehead atoms. The molecule has 420 valence electrons. The maximum absolute atomic E-state index is 12.9. The van der Waals surface area contributed by atoms with Crippen LogP contribution in [0.2, 0.25) is 0 Å². The van der Waals surface area contributed by atoms with Crippen LogP contribution < -0.4 is 0 Å². The first-order chi connectivity index (χ1) is 35.5. The smallest absolute Gasteiger partial charge is 0.306 e. The van der Waals surface area contributed by atoms with E-state index in [0.717, 1.165) is 96.3 Å². The molecule has 0 spiro atoms. The first-order valence-electron chi connectivity index (χ1n) is 31.6. The van der Waals surface area contributed by atoms with E-state index in [1.807, 2.05) is 0 Å². The first-order valence-corrected chi connectivity index (χ1v) is 31.6. The predicted molar refractivity (Wildman–Crippen MR) is 312 cm³/mol. The molecule has 0 N–H and O–H groups in total. The van der Waals surface area contributed by atoms with Gasteiger partial charge in [-0.3, -0.25) is 14.4 Å². The van der Waals surface area contributed by atoms with Crippen LogP contribution in [0.5, 0.6) is 0 Å². The summed E-state index contributed by atoms with van der Waals surface area (Å²) in [5, 5.41) is 0. The normalized spacial score (nSPS) is 12.3. The number of rotatable bonds is 58. The minimum atomic E-state index is -0.781. The number of carbonyl (C=O) groups is 3. The molecule has 0 fully saturated rings. The van der Waals surface area contributed by atoms with Crippen LogP contribution in [-0.2, 0) is 28.6 Å². The van der Waals surface area contributed by atoms with Gasteiger partial charge in [0.15, 0.2) is 6.10 Å². The molecule has 0 aromatic heterocycles. The lowest BCUT2D eigenvalue weighted by Crippen LogP contribution is -2.30. The molecule has 6 nitrogen and oxygen atoms in total. The topological polar surface area (TPSA) is 78.9 Å². The van der Waals surface area contributed by atoms with E-state index in [4.69, 9.17) is 14.2 Å². The van der Waals surface area contributed by atoms with Crippen LogP contribution in [-0.4, -0.2) is 37.2 Å². The van der Waals surface area contributed by atoms with Gasteiger partial charge < -0.3 is 14.2 Å². The summed E-state index contributed by atoms with van der Waals surface area (Å²) in [7, 11) is 0. The quantitative estimate of drug-likeness (QED) is 0.0261. The van der Waals surface area contributed by atoms with Gasteiger partial charge in [-0.15, -0.1) is 0 Å². The second-order valence-electron chi connectivity index (χ2n) is 21.3. The molecule has 0 aliphatic rings. The number of esters is 3. The zero-order valence-corrected chi connectivity index (χ0v) is 48.2. The number of unbranched alkanes of at least 4 members (excludes halogenated alkanes) is 39. The van der Waals surface area contributed by atoms with Crippen LogP contribution in [0.25, 0.3) is 0 Å². The summed E-state index contributed by atoms with van der Waals surface area (Å²) < 4.78 is 16.9. The second kappa shape index (κ2) is 60.9. The average molecular weight is 1010 g/mol. The molecule has 0 saturated carbocycles. The summed E-state index contributed by atoms with van der Waals surface area (Å²) in [5.41, 5.74) is 0. The number of hydrogen-bond acceptors (Lipinski definition) is 6. The van der Waals surface area contributed by atoms with Crippen molar-refractivity contribution in [2.24, 2.45) is 0 Å². The Kier molecular flexibility index (Phi) is 58.7. The molecular formula is C66H120O6. The van der Waals surface area contributed by atoms with Crippen molar-refractivity contribution in [3.63, 3.8) is 0 Å². The largest absolute Gasteiger partial charge is 0.462 e. The van der Waals surface area contributed by atoms with Crippen molar-refractivity contribution in [2.75, 3.05) is 13.2 Å². The van der Waals surface area contributed by atoms with Crippen molar-refractivity contribution in [3.05, 3.63) is 48.6 Å². The Labute approximate surface area is 448 Å². The van der Waals surface area contributed by atoms with Gasteiger partial charge in [-0.1, -0.05) is 288 Å². The van der Waals surface area contributed by atoms with Gasteiger partial charge in [0.05, 0.1) is 0 Å².